The molecule has 1 aliphatic heterocycles. The van der Waals surface area contributed by atoms with Crippen LogP contribution in [0.3, 0.4) is 0 Å². The summed E-state index contributed by atoms with van der Waals surface area (Å²) in [5.41, 5.74) is 3.57. The standard InChI is InChI=1S/C21H21N3O4/c1-26-15-8-9-16(19(10-15)27-2)21-17-11-24(12-18(17)22-23-21)20(25)13-28-14-6-4-3-5-7-14/h3-10H,11-13H2,1-2H3,(H,22,23). The van der Waals surface area contributed by atoms with Crippen molar-refractivity contribution in [2.24, 2.45) is 0 Å². The number of H-pyrrole nitrogens is 1. The van der Waals surface area contributed by atoms with Crippen molar-refractivity contribution < 1.29 is 19.0 Å². The van der Waals surface area contributed by atoms with E-state index in [-0.39, 0.29) is 12.5 Å². The van der Waals surface area contributed by atoms with Gasteiger partial charge in [-0.15, -0.1) is 0 Å². The van der Waals surface area contributed by atoms with Crippen LogP contribution in [0.2, 0.25) is 0 Å². The molecular formula is C21H21N3O4. The van der Waals surface area contributed by atoms with E-state index >= 15 is 0 Å². The maximum absolute atomic E-state index is 12.6. The number of ether oxygens (including phenoxy) is 3. The smallest absolute Gasteiger partial charge is 0.261 e. The topological polar surface area (TPSA) is 76.7 Å². The van der Waals surface area contributed by atoms with Gasteiger partial charge in [-0.1, -0.05) is 18.2 Å². The second-order valence-electron chi connectivity index (χ2n) is 6.45. The Morgan fingerprint density at radius 3 is 2.64 bits per heavy atom. The van der Waals surface area contributed by atoms with Gasteiger partial charge in [0.05, 0.1) is 33.0 Å². The van der Waals surface area contributed by atoms with E-state index < -0.39 is 0 Å². The molecule has 1 aromatic heterocycles. The lowest BCUT2D eigenvalue weighted by atomic mass is 10.1. The molecule has 28 heavy (non-hydrogen) atoms. The van der Waals surface area contributed by atoms with Crippen molar-refractivity contribution in [1.82, 2.24) is 15.1 Å². The minimum atomic E-state index is -0.0684. The molecule has 7 nitrogen and oxygen atoms in total. The Balaban J connectivity index is 1.49. The molecule has 0 saturated heterocycles. The van der Waals surface area contributed by atoms with Gasteiger partial charge in [-0.05, 0) is 24.3 Å². The molecule has 0 spiro atoms. The van der Waals surface area contributed by atoms with Gasteiger partial charge in [0.15, 0.2) is 6.61 Å². The molecule has 144 valence electrons. The van der Waals surface area contributed by atoms with Crippen LogP contribution in [-0.4, -0.2) is 41.8 Å². The molecular weight excluding hydrogens is 358 g/mol. The first-order valence-corrected chi connectivity index (χ1v) is 8.93. The van der Waals surface area contributed by atoms with Crippen LogP contribution in [0.5, 0.6) is 17.2 Å². The van der Waals surface area contributed by atoms with Gasteiger partial charge in [-0.2, -0.15) is 5.10 Å². The molecule has 1 amide bonds. The number of aromatic amines is 1. The molecule has 0 radical (unpaired) electrons. The molecule has 0 atom stereocenters. The van der Waals surface area contributed by atoms with Crippen molar-refractivity contribution in [3.8, 4) is 28.5 Å². The van der Waals surface area contributed by atoms with Gasteiger partial charge in [0, 0.05) is 17.2 Å². The highest BCUT2D eigenvalue weighted by molar-refractivity contribution is 5.80. The van der Waals surface area contributed by atoms with Crippen LogP contribution < -0.4 is 14.2 Å². The normalized spacial score (nSPS) is 12.6. The third-order valence-electron chi connectivity index (χ3n) is 4.77. The Kier molecular flexibility index (Phi) is 4.89. The summed E-state index contributed by atoms with van der Waals surface area (Å²) in [5, 5.41) is 7.50. The number of para-hydroxylation sites is 1. The van der Waals surface area contributed by atoms with Crippen molar-refractivity contribution in [1.29, 1.82) is 0 Å². The fourth-order valence-corrected chi connectivity index (χ4v) is 3.29. The Bertz CT molecular complexity index is 985. The van der Waals surface area contributed by atoms with E-state index in [4.69, 9.17) is 14.2 Å². The molecule has 2 heterocycles. The number of benzene rings is 2. The lowest BCUT2D eigenvalue weighted by Crippen LogP contribution is -2.30. The Labute approximate surface area is 162 Å². The molecule has 0 aliphatic carbocycles. The first-order valence-electron chi connectivity index (χ1n) is 8.93. The van der Waals surface area contributed by atoms with Crippen LogP contribution in [0, 0.1) is 0 Å². The maximum Gasteiger partial charge on any atom is 0.261 e. The number of methoxy groups -OCH3 is 2. The molecule has 0 fully saturated rings. The number of carbonyl (C=O) groups excluding carboxylic acids is 1. The van der Waals surface area contributed by atoms with Crippen LogP contribution in [0.1, 0.15) is 11.3 Å². The third kappa shape index (κ3) is 3.38. The second-order valence-corrected chi connectivity index (χ2v) is 6.45. The maximum atomic E-state index is 12.6. The molecule has 3 aromatic rings. The highest BCUT2D eigenvalue weighted by Gasteiger charge is 2.29. The van der Waals surface area contributed by atoms with Crippen molar-refractivity contribution in [3.63, 3.8) is 0 Å². The Hall–Kier alpha value is -3.48. The van der Waals surface area contributed by atoms with Gasteiger partial charge in [0.1, 0.15) is 22.9 Å². The van der Waals surface area contributed by atoms with E-state index in [1.165, 1.54) is 0 Å². The zero-order valence-corrected chi connectivity index (χ0v) is 15.8. The predicted molar refractivity (Wildman–Crippen MR) is 103 cm³/mol. The van der Waals surface area contributed by atoms with E-state index in [1.807, 2.05) is 48.5 Å². The molecule has 7 heteroatoms. The molecule has 0 saturated carbocycles. The Morgan fingerprint density at radius 2 is 1.89 bits per heavy atom. The summed E-state index contributed by atoms with van der Waals surface area (Å²) in [4.78, 5) is 14.3. The van der Waals surface area contributed by atoms with Gasteiger partial charge in [0.25, 0.3) is 5.91 Å². The molecule has 1 N–H and O–H groups in total. The SMILES string of the molecule is COc1ccc(-c2n[nH]c3c2CN(C(=O)COc2ccccc2)C3)c(OC)c1. The zero-order chi connectivity index (χ0) is 19.5. The number of rotatable bonds is 6. The molecule has 0 bridgehead atoms. The number of aromatic nitrogens is 2. The van der Waals surface area contributed by atoms with Crippen LogP contribution >= 0.6 is 0 Å². The van der Waals surface area contributed by atoms with Crippen molar-refractivity contribution >= 4 is 5.91 Å². The van der Waals surface area contributed by atoms with E-state index in [0.717, 1.165) is 22.5 Å². The lowest BCUT2D eigenvalue weighted by Gasteiger charge is -2.16. The molecule has 1 aliphatic rings. The largest absolute Gasteiger partial charge is 0.497 e. The van der Waals surface area contributed by atoms with Crippen LogP contribution in [0.4, 0.5) is 0 Å². The zero-order valence-electron chi connectivity index (χ0n) is 15.8. The number of nitrogens with zero attached hydrogens (tertiary/aromatic N) is 2. The minimum absolute atomic E-state index is 0.00288. The third-order valence-corrected chi connectivity index (χ3v) is 4.77. The number of nitrogens with one attached hydrogen (secondary N) is 1. The predicted octanol–water partition coefficient (Wildman–Crippen LogP) is 3.02. The van der Waals surface area contributed by atoms with Gasteiger partial charge in [-0.25, -0.2) is 0 Å². The average molecular weight is 379 g/mol. The summed E-state index contributed by atoms with van der Waals surface area (Å²) in [6.45, 7) is 0.966. The van der Waals surface area contributed by atoms with Gasteiger partial charge >= 0.3 is 0 Å². The van der Waals surface area contributed by atoms with Crippen LogP contribution in [0.15, 0.2) is 48.5 Å². The summed E-state index contributed by atoms with van der Waals surface area (Å²) in [6, 6.07) is 14.9. The first-order chi connectivity index (χ1) is 13.7. The van der Waals surface area contributed by atoms with Crippen molar-refractivity contribution in [2.75, 3.05) is 20.8 Å². The van der Waals surface area contributed by atoms with Crippen LogP contribution in [0.25, 0.3) is 11.3 Å². The quantitative estimate of drug-likeness (QED) is 0.712. The van der Waals surface area contributed by atoms with E-state index in [2.05, 4.69) is 10.2 Å². The number of hydrogen-bond acceptors (Lipinski definition) is 5. The summed E-state index contributed by atoms with van der Waals surface area (Å²) >= 11 is 0. The van der Waals surface area contributed by atoms with Crippen LogP contribution in [-0.2, 0) is 17.9 Å². The second kappa shape index (κ2) is 7.64. The fourth-order valence-electron chi connectivity index (χ4n) is 3.29. The fraction of sp³-hybridized carbons (Fsp3) is 0.238. The molecule has 2 aromatic carbocycles. The van der Waals surface area contributed by atoms with E-state index in [0.29, 0.717) is 30.3 Å². The first kappa shape index (κ1) is 17.9. The van der Waals surface area contributed by atoms with Gasteiger partial charge < -0.3 is 19.1 Å². The van der Waals surface area contributed by atoms with Gasteiger partial charge in [0.2, 0.25) is 0 Å². The van der Waals surface area contributed by atoms with Crippen molar-refractivity contribution in [2.45, 2.75) is 13.1 Å². The van der Waals surface area contributed by atoms with Crippen molar-refractivity contribution in [3.05, 3.63) is 59.8 Å². The summed E-state index contributed by atoms with van der Waals surface area (Å²) in [7, 11) is 3.23. The van der Waals surface area contributed by atoms with Gasteiger partial charge in [-0.3, -0.25) is 9.89 Å². The molecule has 0 unspecified atom stereocenters. The lowest BCUT2D eigenvalue weighted by molar-refractivity contribution is -0.134. The highest BCUT2D eigenvalue weighted by Crippen LogP contribution is 2.37. The molecule has 4 rings (SSSR count). The average Bonchev–Trinajstić information content (AvgIpc) is 3.33. The van der Waals surface area contributed by atoms with E-state index in [1.54, 1.807) is 19.1 Å². The number of fused-ring (bicyclic) bond motifs is 1. The van der Waals surface area contributed by atoms with E-state index in [9.17, 15) is 4.79 Å². The minimum Gasteiger partial charge on any atom is -0.497 e. The summed E-state index contributed by atoms with van der Waals surface area (Å²) < 4.78 is 16.3. The number of amides is 1. The highest BCUT2D eigenvalue weighted by atomic mass is 16.5. The number of carbonyl (C=O) groups is 1. The summed E-state index contributed by atoms with van der Waals surface area (Å²) in [6.07, 6.45) is 0. The Morgan fingerprint density at radius 1 is 1.07 bits per heavy atom. The summed E-state index contributed by atoms with van der Waals surface area (Å²) in [5.74, 6) is 1.99. The number of hydrogen-bond donors (Lipinski definition) is 1. The monoisotopic (exact) mass is 379 g/mol.